The van der Waals surface area contributed by atoms with Crippen molar-refractivity contribution >= 4 is 0 Å². The van der Waals surface area contributed by atoms with Gasteiger partial charge >= 0.3 is 0 Å². The summed E-state index contributed by atoms with van der Waals surface area (Å²) in [5.74, 6) is 0.357. The van der Waals surface area contributed by atoms with Gasteiger partial charge in [0, 0.05) is 6.07 Å². The van der Waals surface area contributed by atoms with E-state index < -0.39 is 0 Å². The van der Waals surface area contributed by atoms with Crippen LogP contribution in [0, 0.1) is 0 Å². The summed E-state index contributed by atoms with van der Waals surface area (Å²) >= 11 is 0. The highest BCUT2D eigenvalue weighted by Crippen LogP contribution is 2.39. The topological polar surface area (TPSA) is 110 Å². The zero-order valence-electron chi connectivity index (χ0n) is 18.5. The molecule has 0 aliphatic carbocycles. The van der Waals surface area contributed by atoms with E-state index in [0.717, 1.165) is 23.1 Å². The quantitative estimate of drug-likeness (QED) is 0.236. The minimum Gasteiger partial charge on any atom is -0.508 e. The van der Waals surface area contributed by atoms with Crippen LogP contribution in [0.4, 0.5) is 0 Å². The lowest BCUT2D eigenvalue weighted by molar-refractivity contribution is 0.380. The molecular formula is C28H26O6. The second kappa shape index (κ2) is 10.1. The molecule has 0 fully saturated rings. The van der Waals surface area contributed by atoms with Crippen molar-refractivity contribution in [3.8, 4) is 40.2 Å². The Labute approximate surface area is 197 Å². The van der Waals surface area contributed by atoms with Gasteiger partial charge in [-0.15, -0.1) is 0 Å². The van der Waals surface area contributed by atoms with Crippen molar-refractivity contribution in [1.29, 1.82) is 0 Å². The summed E-state index contributed by atoms with van der Waals surface area (Å²) in [5.41, 5.74) is 3.47. The molecule has 0 bridgehead atoms. The fraction of sp³-hybridized carbons (Fsp3) is 0.143. The zero-order valence-corrected chi connectivity index (χ0v) is 18.5. The highest BCUT2D eigenvalue weighted by atomic mass is 16.5. The van der Waals surface area contributed by atoms with E-state index in [0.29, 0.717) is 24.8 Å². The van der Waals surface area contributed by atoms with Crippen LogP contribution in [0.3, 0.4) is 0 Å². The number of rotatable bonds is 8. The highest BCUT2D eigenvalue weighted by Gasteiger charge is 2.13. The van der Waals surface area contributed by atoms with E-state index in [1.165, 1.54) is 6.07 Å². The molecular weight excluding hydrogens is 432 g/mol. The number of hydrogen-bond donors (Lipinski definition) is 5. The summed E-state index contributed by atoms with van der Waals surface area (Å²) < 4.78 is 5.76. The molecule has 174 valence electrons. The van der Waals surface area contributed by atoms with Crippen molar-refractivity contribution in [2.75, 3.05) is 0 Å². The summed E-state index contributed by atoms with van der Waals surface area (Å²) in [6.07, 6.45) is 2.49. The molecule has 0 atom stereocenters. The Morgan fingerprint density at radius 2 is 1.12 bits per heavy atom. The summed E-state index contributed by atoms with van der Waals surface area (Å²) in [5, 5.41) is 50.0. The van der Waals surface area contributed by atoms with Crippen molar-refractivity contribution in [3.05, 3.63) is 101 Å². The Kier molecular flexibility index (Phi) is 6.78. The van der Waals surface area contributed by atoms with E-state index in [2.05, 4.69) is 0 Å². The second-order valence-electron chi connectivity index (χ2n) is 8.19. The van der Waals surface area contributed by atoms with Gasteiger partial charge in [0.1, 0.15) is 17.2 Å². The summed E-state index contributed by atoms with van der Waals surface area (Å²) in [6, 6.07) is 21.8. The third-order valence-corrected chi connectivity index (χ3v) is 5.64. The van der Waals surface area contributed by atoms with E-state index in [1.54, 1.807) is 48.5 Å². The first-order valence-corrected chi connectivity index (χ1v) is 11.0. The Balaban J connectivity index is 1.44. The first-order valence-electron chi connectivity index (χ1n) is 11.0. The maximum Gasteiger partial charge on any atom is 0.169 e. The van der Waals surface area contributed by atoms with Crippen LogP contribution in [0.25, 0.3) is 0 Å². The maximum absolute atomic E-state index is 10.5. The first kappa shape index (κ1) is 22.9. The van der Waals surface area contributed by atoms with Gasteiger partial charge in [-0.3, -0.25) is 0 Å². The fourth-order valence-electron chi connectivity index (χ4n) is 3.75. The molecule has 0 unspecified atom stereocenters. The Morgan fingerprint density at radius 3 is 1.85 bits per heavy atom. The average molecular weight is 459 g/mol. The number of aryl methyl sites for hydroxylation is 4. The van der Waals surface area contributed by atoms with Crippen molar-refractivity contribution < 1.29 is 30.3 Å². The summed E-state index contributed by atoms with van der Waals surface area (Å²) in [4.78, 5) is 0. The smallest absolute Gasteiger partial charge is 0.169 e. The van der Waals surface area contributed by atoms with Crippen LogP contribution in [0.5, 0.6) is 40.2 Å². The van der Waals surface area contributed by atoms with E-state index in [4.69, 9.17) is 4.74 Å². The molecule has 0 aliphatic rings. The van der Waals surface area contributed by atoms with Gasteiger partial charge in [-0.25, -0.2) is 0 Å². The lowest BCUT2D eigenvalue weighted by atomic mass is 10.0. The molecule has 0 saturated heterocycles. The van der Waals surface area contributed by atoms with Crippen molar-refractivity contribution in [3.63, 3.8) is 0 Å². The molecule has 6 nitrogen and oxygen atoms in total. The average Bonchev–Trinajstić information content (AvgIpc) is 2.81. The fourth-order valence-corrected chi connectivity index (χ4v) is 3.75. The zero-order chi connectivity index (χ0) is 24.1. The highest BCUT2D eigenvalue weighted by molar-refractivity contribution is 5.53. The Hall–Kier alpha value is -4.32. The molecule has 0 spiro atoms. The predicted octanol–water partition coefficient (Wildman–Crippen LogP) is 5.58. The maximum atomic E-state index is 10.5. The molecule has 0 amide bonds. The van der Waals surface area contributed by atoms with Gasteiger partial charge in [0.2, 0.25) is 0 Å². The van der Waals surface area contributed by atoms with Crippen LogP contribution in [0.1, 0.15) is 22.3 Å². The van der Waals surface area contributed by atoms with E-state index in [9.17, 15) is 25.5 Å². The normalized spacial score (nSPS) is 10.8. The summed E-state index contributed by atoms with van der Waals surface area (Å²) in [6.45, 7) is 0. The van der Waals surface area contributed by atoms with Gasteiger partial charge in [-0.1, -0.05) is 30.3 Å². The minimum absolute atomic E-state index is 0.0567. The van der Waals surface area contributed by atoms with Gasteiger partial charge in [0.25, 0.3) is 0 Å². The number of hydrogen-bond acceptors (Lipinski definition) is 6. The van der Waals surface area contributed by atoms with Gasteiger partial charge < -0.3 is 30.3 Å². The first-order chi connectivity index (χ1) is 16.4. The molecule has 4 aromatic rings. The molecule has 4 rings (SSSR count). The molecule has 0 aliphatic heterocycles. The van der Waals surface area contributed by atoms with Gasteiger partial charge in [0.05, 0.1) is 0 Å². The number of benzene rings is 4. The molecule has 34 heavy (non-hydrogen) atoms. The third kappa shape index (κ3) is 5.72. The van der Waals surface area contributed by atoms with Crippen LogP contribution in [0.15, 0.2) is 78.9 Å². The molecule has 0 heterocycles. The van der Waals surface area contributed by atoms with Gasteiger partial charge in [-0.2, -0.15) is 0 Å². The monoisotopic (exact) mass is 458 g/mol. The van der Waals surface area contributed by atoms with Crippen LogP contribution in [0.2, 0.25) is 0 Å². The second-order valence-corrected chi connectivity index (χ2v) is 8.19. The van der Waals surface area contributed by atoms with Crippen LogP contribution >= 0.6 is 0 Å². The van der Waals surface area contributed by atoms with Gasteiger partial charge in [-0.05, 0) is 90.4 Å². The standard InChI is InChI=1S/C28H26O6/c29-22-11-7-18(8-12-22)4-5-20-9-13-27(25(32)15-20)34-28-16-21(24(31)17-26(28)33)10-6-19-2-1-3-23(30)14-19/h1-3,7-9,11-17,29-33H,4-6,10H2. The van der Waals surface area contributed by atoms with Crippen LogP contribution < -0.4 is 4.74 Å². The molecule has 6 heteroatoms. The number of aromatic hydroxyl groups is 5. The van der Waals surface area contributed by atoms with E-state index >= 15 is 0 Å². The lowest BCUT2D eigenvalue weighted by Gasteiger charge is -2.13. The molecule has 4 aromatic carbocycles. The summed E-state index contributed by atoms with van der Waals surface area (Å²) in [7, 11) is 0. The largest absolute Gasteiger partial charge is 0.508 e. The number of phenolic OH excluding ortho intramolecular Hbond substituents is 5. The number of phenols is 5. The molecule has 5 N–H and O–H groups in total. The van der Waals surface area contributed by atoms with E-state index in [1.807, 2.05) is 24.3 Å². The van der Waals surface area contributed by atoms with Crippen LogP contribution in [-0.2, 0) is 25.7 Å². The molecule has 0 radical (unpaired) electrons. The lowest BCUT2D eigenvalue weighted by Crippen LogP contribution is -1.95. The third-order valence-electron chi connectivity index (χ3n) is 5.64. The SMILES string of the molecule is Oc1ccc(CCc2ccc(Oc3cc(CCc4cccc(O)c4)c(O)cc3O)c(O)c2)cc1. The van der Waals surface area contributed by atoms with Crippen molar-refractivity contribution in [1.82, 2.24) is 0 Å². The van der Waals surface area contributed by atoms with Crippen LogP contribution in [-0.4, -0.2) is 25.5 Å². The van der Waals surface area contributed by atoms with Crippen molar-refractivity contribution in [2.24, 2.45) is 0 Å². The molecule has 0 saturated carbocycles. The molecule has 0 aromatic heterocycles. The minimum atomic E-state index is -0.241. The Bertz CT molecular complexity index is 1280. The van der Waals surface area contributed by atoms with E-state index in [-0.39, 0.29) is 40.2 Å². The number of ether oxygens (including phenoxy) is 1. The Morgan fingerprint density at radius 1 is 0.471 bits per heavy atom. The predicted molar refractivity (Wildman–Crippen MR) is 129 cm³/mol. The van der Waals surface area contributed by atoms with Crippen molar-refractivity contribution in [2.45, 2.75) is 25.7 Å². The van der Waals surface area contributed by atoms with Gasteiger partial charge in [0.15, 0.2) is 23.0 Å².